The first-order valence-corrected chi connectivity index (χ1v) is 6.81. The first-order valence-electron chi connectivity index (χ1n) is 6.81. The van der Waals surface area contributed by atoms with Crippen LogP contribution < -0.4 is 0 Å². The van der Waals surface area contributed by atoms with Gasteiger partial charge >= 0.3 is 0 Å². The average molecular weight is 294 g/mol. The molecule has 3 N–H and O–H groups in total. The van der Waals surface area contributed by atoms with Gasteiger partial charge in [0.1, 0.15) is 18.3 Å². The van der Waals surface area contributed by atoms with E-state index in [1.807, 2.05) is 20.8 Å². The number of hydrogen-bond acceptors (Lipinski definition) is 6. The van der Waals surface area contributed by atoms with E-state index in [-0.39, 0.29) is 18.8 Å². The van der Waals surface area contributed by atoms with Crippen molar-refractivity contribution in [2.24, 2.45) is 0 Å². The summed E-state index contributed by atoms with van der Waals surface area (Å²) in [5.74, 6) is 0. The van der Waals surface area contributed by atoms with Gasteiger partial charge in [0, 0.05) is 7.11 Å². The van der Waals surface area contributed by atoms with E-state index in [9.17, 15) is 10.2 Å². The summed E-state index contributed by atoms with van der Waals surface area (Å²) in [6, 6.07) is 0. The quantitative estimate of drug-likeness (QED) is 0.568. The molecule has 0 aromatic rings. The Morgan fingerprint density at radius 3 is 1.90 bits per heavy atom. The molecule has 0 aliphatic rings. The van der Waals surface area contributed by atoms with Crippen molar-refractivity contribution in [2.75, 3.05) is 26.9 Å². The Kier molecular flexibility index (Phi) is 8.16. The minimum atomic E-state index is -1.08. The number of rotatable bonds is 9. The third kappa shape index (κ3) is 6.97. The van der Waals surface area contributed by atoms with Crippen molar-refractivity contribution in [3.63, 3.8) is 0 Å². The maximum Gasteiger partial charge on any atom is 0.110 e. The molecule has 6 nitrogen and oxygen atoms in total. The molecule has 0 aromatic carbocycles. The number of aliphatic hydroxyl groups excluding tert-OH is 3. The van der Waals surface area contributed by atoms with Gasteiger partial charge < -0.3 is 29.5 Å². The molecule has 0 radical (unpaired) electrons. The fourth-order valence-electron chi connectivity index (χ4n) is 1.46. The number of ether oxygens (including phenoxy) is 3. The van der Waals surface area contributed by atoms with Crippen molar-refractivity contribution in [3.05, 3.63) is 0 Å². The van der Waals surface area contributed by atoms with Gasteiger partial charge in [-0.1, -0.05) is 0 Å². The van der Waals surface area contributed by atoms with E-state index in [2.05, 4.69) is 0 Å². The van der Waals surface area contributed by atoms with Crippen molar-refractivity contribution in [2.45, 2.75) is 64.1 Å². The SMILES string of the molecule is COC(C)(C)[C@@H](CO)OC(COC(C)(C)C)[C@@H](O)CO. The second-order valence-corrected chi connectivity index (χ2v) is 6.33. The number of hydrogen-bond donors (Lipinski definition) is 3. The van der Waals surface area contributed by atoms with Crippen molar-refractivity contribution < 1.29 is 29.5 Å². The van der Waals surface area contributed by atoms with E-state index >= 15 is 0 Å². The summed E-state index contributed by atoms with van der Waals surface area (Å²) >= 11 is 0. The lowest BCUT2D eigenvalue weighted by Gasteiger charge is -2.36. The molecule has 3 atom stereocenters. The molecule has 0 rings (SSSR count). The van der Waals surface area contributed by atoms with Crippen molar-refractivity contribution in [1.82, 2.24) is 0 Å². The lowest BCUT2D eigenvalue weighted by molar-refractivity contribution is -0.194. The van der Waals surface area contributed by atoms with Crippen molar-refractivity contribution >= 4 is 0 Å². The first kappa shape index (κ1) is 19.8. The van der Waals surface area contributed by atoms with E-state index in [0.29, 0.717) is 0 Å². The molecule has 122 valence electrons. The molecule has 1 unspecified atom stereocenters. The van der Waals surface area contributed by atoms with Crippen LogP contribution >= 0.6 is 0 Å². The minimum Gasteiger partial charge on any atom is -0.394 e. The van der Waals surface area contributed by atoms with Gasteiger partial charge in [-0.15, -0.1) is 0 Å². The fraction of sp³-hybridized carbons (Fsp3) is 1.00. The van der Waals surface area contributed by atoms with E-state index < -0.39 is 30.5 Å². The zero-order valence-corrected chi connectivity index (χ0v) is 13.4. The van der Waals surface area contributed by atoms with Crippen molar-refractivity contribution in [1.29, 1.82) is 0 Å². The molecule has 0 aliphatic heterocycles. The molecule has 6 heteroatoms. The molecule has 0 aromatic heterocycles. The standard InChI is InChI=1S/C14H30O6/c1-13(2,3)19-9-11(10(17)7-15)20-12(8-16)14(4,5)18-6/h10-12,15-17H,7-9H2,1-6H3/t10-,11?,12+/m0/s1. The first-order chi connectivity index (χ1) is 9.07. The van der Waals surface area contributed by atoms with Crippen molar-refractivity contribution in [3.8, 4) is 0 Å². The second kappa shape index (κ2) is 8.26. The summed E-state index contributed by atoms with van der Waals surface area (Å²) in [6.07, 6.45) is -2.47. The second-order valence-electron chi connectivity index (χ2n) is 6.33. The Balaban J connectivity index is 4.78. The molecule has 0 bridgehead atoms. The van der Waals surface area contributed by atoms with Gasteiger partial charge in [-0.3, -0.25) is 0 Å². The van der Waals surface area contributed by atoms with Gasteiger partial charge in [-0.05, 0) is 34.6 Å². The summed E-state index contributed by atoms with van der Waals surface area (Å²) < 4.78 is 16.6. The van der Waals surface area contributed by atoms with Gasteiger partial charge in [0.05, 0.1) is 31.0 Å². The van der Waals surface area contributed by atoms with Crippen LogP contribution in [0.25, 0.3) is 0 Å². The van der Waals surface area contributed by atoms with Crippen LogP contribution in [0.2, 0.25) is 0 Å². The Morgan fingerprint density at radius 1 is 1.00 bits per heavy atom. The van der Waals surface area contributed by atoms with Crippen LogP contribution in [-0.2, 0) is 14.2 Å². The Bertz CT molecular complexity index is 261. The van der Waals surface area contributed by atoms with Crippen LogP contribution in [0, 0.1) is 0 Å². The van der Waals surface area contributed by atoms with Crippen LogP contribution in [0.5, 0.6) is 0 Å². The van der Waals surface area contributed by atoms with E-state index in [1.165, 1.54) is 7.11 Å². The highest BCUT2D eigenvalue weighted by molar-refractivity contribution is 4.82. The summed E-state index contributed by atoms with van der Waals surface area (Å²) in [4.78, 5) is 0. The predicted octanol–water partition coefficient (Wildman–Crippen LogP) is 0.326. The minimum absolute atomic E-state index is 0.113. The topological polar surface area (TPSA) is 88.4 Å². The Hall–Kier alpha value is -0.240. The maximum atomic E-state index is 9.82. The predicted molar refractivity (Wildman–Crippen MR) is 75.6 cm³/mol. The average Bonchev–Trinajstić information content (AvgIpc) is 2.36. The summed E-state index contributed by atoms with van der Waals surface area (Å²) in [5.41, 5.74) is -1.10. The molecule has 0 aliphatic carbocycles. The highest BCUT2D eigenvalue weighted by atomic mass is 16.6. The lowest BCUT2D eigenvalue weighted by Crippen LogP contribution is -2.49. The number of methoxy groups -OCH3 is 1. The third-order valence-electron chi connectivity index (χ3n) is 3.10. The summed E-state index contributed by atoms with van der Waals surface area (Å²) in [6.45, 7) is 8.63. The highest BCUT2D eigenvalue weighted by Crippen LogP contribution is 2.20. The van der Waals surface area contributed by atoms with Crippen LogP contribution in [0.4, 0.5) is 0 Å². The van der Waals surface area contributed by atoms with Gasteiger partial charge in [-0.25, -0.2) is 0 Å². The molecular formula is C14H30O6. The summed E-state index contributed by atoms with van der Waals surface area (Å²) in [5, 5.41) is 28.4. The van der Waals surface area contributed by atoms with E-state index in [4.69, 9.17) is 19.3 Å². The largest absolute Gasteiger partial charge is 0.394 e. The molecule has 0 saturated carbocycles. The van der Waals surface area contributed by atoms with Gasteiger partial charge in [0.15, 0.2) is 0 Å². The monoisotopic (exact) mass is 294 g/mol. The highest BCUT2D eigenvalue weighted by Gasteiger charge is 2.34. The van der Waals surface area contributed by atoms with Gasteiger partial charge in [0.25, 0.3) is 0 Å². The Morgan fingerprint density at radius 2 is 1.55 bits per heavy atom. The molecular weight excluding hydrogens is 264 g/mol. The molecule has 20 heavy (non-hydrogen) atoms. The smallest absolute Gasteiger partial charge is 0.110 e. The normalized spacial score (nSPS) is 17.9. The Labute approximate surface area is 121 Å². The zero-order valence-electron chi connectivity index (χ0n) is 13.4. The molecule has 0 heterocycles. The lowest BCUT2D eigenvalue weighted by atomic mass is 10.0. The van der Waals surface area contributed by atoms with Crippen LogP contribution in [0.3, 0.4) is 0 Å². The molecule has 0 fully saturated rings. The van der Waals surface area contributed by atoms with E-state index in [0.717, 1.165) is 0 Å². The van der Waals surface area contributed by atoms with Crippen LogP contribution in [0.1, 0.15) is 34.6 Å². The molecule has 0 saturated heterocycles. The zero-order chi connectivity index (χ0) is 16.0. The summed E-state index contributed by atoms with van der Waals surface area (Å²) in [7, 11) is 1.52. The molecule has 0 amide bonds. The molecule has 0 spiro atoms. The van der Waals surface area contributed by atoms with E-state index in [1.54, 1.807) is 13.8 Å². The van der Waals surface area contributed by atoms with Gasteiger partial charge in [-0.2, -0.15) is 0 Å². The van der Waals surface area contributed by atoms with Crippen LogP contribution in [-0.4, -0.2) is 71.8 Å². The number of aliphatic hydroxyl groups is 3. The third-order valence-corrected chi connectivity index (χ3v) is 3.10. The fourth-order valence-corrected chi connectivity index (χ4v) is 1.46. The van der Waals surface area contributed by atoms with Gasteiger partial charge in [0.2, 0.25) is 0 Å². The van der Waals surface area contributed by atoms with Crippen LogP contribution in [0.15, 0.2) is 0 Å². The maximum absolute atomic E-state index is 9.82.